The SMILES string of the molecule is CC(C)C[C@H](NC(=O)[C@H](Cc1ccccc1)NC(=O)CNC(=O)[C@H](NC(=O)[C@@H](N)Cc1ccc(O)cc1)[C@@H](C)O)C(=O)N[C@@H](CO[C@@H]1O[C@H](CO)[C@@H](O[C@@H]2O[C@H](CO)[C@@H](O[C@@H]3O[C@H](CO)[C@@H](O)[C@H](O)[C@H]3O)[C@H](O)[C@H]2O)[C@H](O)[C@H]1O)C(N)=O. The molecule has 0 radical (unpaired) electrons. The first-order valence-corrected chi connectivity index (χ1v) is 26.3. The molecule has 460 valence electrons. The molecular formula is C51H77N7O24. The smallest absolute Gasteiger partial charge is 0.245 e. The number of aromatic hydroxyl groups is 1. The summed E-state index contributed by atoms with van der Waals surface area (Å²) in [6.07, 6.45) is -29.3. The number of nitrogens with one attached hydrogen (secondary N) is 5. The summed E-state index contributed by atoms with van der Waals surface area (Å²) >= 11 is 0. The summed E-state index contributed by atoms with van der Waals surface area (Å²) in [5.41, 5.74) is 12.8. The highest BCUT2D eigenvalue weighted by Gasteiger charge is 2.54. The number of ether oxygens (including phenoxy) is 6. The van der Waals surface area contributed by atoms with Crippen molar-refractivity contribution in [1.29, 1.82) is 0 Å². The number of aliphatic hydroxyl groups is 11. The van der Waals surface area contributed by atoms with Gasteiger partial charge in [0.1, 0.15) is 103 Å². The molecule has 82 heavy (non-hydrogen) atoms. The zero-order valence-electron chi connectivity index (χ0n) is 45.0. The Morgan fingerprint density at radius 3 is 1.61 bits per heavy atom. The zero-order valence-corrected chi connectivity index (χ0v) is 45.0. The summed E-state index contributed by atoms with van der Waals surface area (Å²) < 4.78 is 33.4. The summed E-state index contributed by atoms with van der Waals surface area (Å²) in [6.45, 7) is 0.313. The van der Waals surface area contributed by atoms with E-state index in [1.54, 1.807) is 56.3 Å². The topological polar surface area (TPSA) is 513 Å². The molecular weight excluding hydrogens is 1090 g/mol. The van der Waals surface area contributed by atoms with Crippen LogP contribution >= 0.6 is 0 Å². The highest BCUT2D eigenvalue weighted by Crippen LogP contribution is 2.33. The Morgan fingerprint density at radius 2 is 1.07 bits per heavy atom. The van der Waals surface area contributed by atoms with Crippen molar-refractivity contribution in [2.45, 2.75) is 168 Å². The van der Waals surface area contributed by atoms with Gasteiger partial charge in [0.05, 0.1) is 45.1 Å². The molecule has 3 heterocycles. The molecule has 31 nitrogen and oxygen atoms in total. The van der Waals surface area contributed by atoms with Crippen LogP contribution in [0.25, 0.3) is 0 Å². The molecule has 0 unspecified atom stereocenters. The molecule has 3 aliphatic heterocycles. The van der Waals surface area contributed by atoms with Gasteiger partial charge in [0, 0.05) is 6.42 Å². The van der Waals surface area contributed by atoms with Crippen LogP contribution in [0, 0.1) is 5.92 Å². The van der Waals surface area contributed by atoms with Crippen molar-refractivity contribution in [3.05, 3.63) is 65.7 Å². The van der Waals surface area contributed by atoms with Crippen LogP contribution in [0.4, 0.5) is 0 Å². The Kier molecular flexibility index (Phi) is 25.6. The van der Waals surface area contributed by atoms with Crippen molar-refractivity contribution in [3.8, 4) is 5.75 Å². The Balaban J connectivity index is 1.19. The molecule has 3 aliphatic rings. The van der Waals surface area contributed by atoms with Crippen LogP contribution in [0.3, 0.4) is 0 Å². The lowest BCUT2D eigenvalue weighted by atomic mass is 9.96. The predicted molar refractivity (Wildman–Crippen MR) is 276 cm³/mol. The lowest BCUT2D eigenvalue weighted by Gasteiger charge is -2.48. The molecule has 21 atom stereocenters. The van der Waals surface area contributed by atoms with Gasteiger partial charge in [-0.2, -0.15) is 0 Å². The molecule has 0 saturated carbocycles. The van der Waals surface area contributed by atoms with Gasteiger partial charge in [-0.15, -0.1) is 0 Å². The molecule has 0 bridgehead atoms. The van der Waals surface area contributed by atoms with Crippen molar-refractivity contribution >= 4 is 35.4 Å². The zero-order chi connectivity index (χ0) is 60.7. The second kappa shape index (κ2) is 31.3. The number of hydrogen-bond donors (Lipinski definition) is 19. The van der Waals surface area contributed by atoms with Crippen molar-refractivity contribution < 1.29 is 118 Å². The molecule has 2 aromatic rings. The van der Waals surface area contributed by atoms with Crippen LogP contribution in [-0.2, 0) is 70.0 Å². The van der Waals surface area contributed by atoms with E-state index in [0.29, 0.717) is 11.1 Å². The van der Waals surface area contributed by atoms with E-state index in [1.807, 2.05) is 0 Å². The first-order chi connectivity index (χ1) is 38.8. The van der Waals surface area contributed by atoms with Gasteiger partial charge >= 0.3 is 0 Å². The average Bonchev–Trinajstić information content (AvgIpc) is 3.65. The monoisotopic (exact) mass is 1170 g/mol. The van der Waals surface area contributed by atoms with Gasteiger partial charge in [-0.1, -0.05) is 56.3 Å². The number of hydrogen-bond acceptors (Lipinski definition) is 25. The molecule has 0 aromatic heterocycles. The van der Waals surface area contributed by atoms with Gasteiger partial charge in [0.2, 0.25) is 35.4 Å². The third kappa shape index (κ3) is 18.2. The molecule has 5 rings (SSSR count). The lowest BCUT2D eigenvalue weighted by Crippen LogP contribution is -2.66. The predicted octanol–water partition coefficient (Wildman–Crippen LogP) is -9.06. The summed E-state index contributed by atoms with van der Waals surface area (Å²) in [6, 6.07) is 7.02. The van der Waals surface area contributed by atoms with Gasteiger partial charge in [-0.25, -0.2) is 0 Å². The maximum atomic E-state index is 14.1. The minimum Gasteiger partial charge on any atom is -0.508 e. The fourth-order valence-electron chi connectivity index (χ4n) is 9.04. The summed E-state index contributed by atoms with van der Waals surface area (Å²) in [5.74, 6) is -6.01. The highest BCUT2D eigenvalue weighted by molar-refractivity contribution is 5.96. The van der Waals surface area contributed by atoms with Crippen LogP contribution < -0.4 is 38.1 Å². The Bertz CT molecular complexity index is 2380. The number of aliphatic hydroxyl groups excluding tert-OH is 11. The van der Waals surface area contributed by atoms with E-state index >= 15 is 0 Å². The Hall–Kier alpha value is -5.66. The standard InChI is InChI=1S/C51H77N7O24/c1-21(2)13-27(56-47(75)28(15-23-7-5-4-6-8-23)55-33(64)16-54-48(76)34(22(3)62)58-45(73)26(52)14-24-9-11-25(63)12-10-24)46(74)57-29(44(53)72)20-77-49-40(70)37(67)42(31(18-60)79-49)82-51-41(71)38(68)43(32(19-61)80-51)81-50-39(69)36(66)35(65)30(17-59)78-50/h4-12,21-22,26-32,34-43,49-51,59-63,65-71H,13-20,52H2,1-3H3,(H2,53,72)(H,54,76)(H,55,64)(H,56,75)(H,57,74)(H,58,73)/t22-,26+,27+,28+,29+,30-,31-,32-,34-,35-,36+,37-,38-,39-,40-,41-,42-,43-,49-,50+,51+/m1/s1. The maximum Gasteiger partial charge on any atom is 0.245 e. The van der Waals surface area contributed by atoms with Crippen molar-refractivity contribution in [3.63, 3.8) is 0 Å². The van der Waals surface area contributed by atoms with Gasteiger partial charge < -0.3 is 128 Å². The second-order valence-corrected chi connectivity index (χ2v) is 20.5. The fraction of sp³-hybridized carbons (Fsp3) is 0.647. The van der Waals surface area contributed by atoms with E-state index < -0.39 is 197 Å². The van der Waals surface area contributed by atoms with E-state index in [2.05, 4.69) is 26.6 Å². The Labute approximate surface area is 469 Å². The summed E-state index contributed by atoms with van der Waals surface area (Å²) in [7, 11) is 0. The van der Waals surface area contributed by atoms with Gasteiger partial charge in [-0.05, 0) is 48.9 Å². The Morgan fingerprint density at radius 1 is 0.573 bits per heavy atom. The lowest BCUT2D eigenvalue weighted by molar-refractivity contribution is -0.379. The van der Waals surface area contributed by atoms with E-state index in [4.69, 9.17) is 39.9 Å². The third-order valence-electron chi connectivity index (χ3n) is 13.6. The molecule has 2 aromatic carbocycles. The molecule has 6 amide bonds. The number of benzene rings is 2. The number of carbonyl (C=O) groups excluding carboxylic acids is 6. The molecule has 21 N–H and O–H groups in total. The number of phenolic OH excluding ortho intramolecular Hbond substituents is 1. The van der Waals surface area contributed by atoms with Crippen molar-refractivity contribution in [1.82, 2.24) is 26.6 Å². The number of amides is 6. The van der Waals surface area contributed by atoms with Crippen molar-refractivity contribution in [2.75, 3.05) is 33.0 Å². The number of nitrogens with two attached hydrogens (primary N) is 2. The van der Waals surface area contributed by atoms with Crippen LogP contribution in [0.5, 0.6) is 5.75 Å². The maximum absolute atomic E-state index is 14.1. The van der Waals surface area contributed by atoms with Crippen LogP contribution in [0.1, 0.15) is 38.3 Å². The number of phenols is 1. The van der Waals surface area contributed by atoms with Gasteiger partial charge in [0.15, 0.2) is 18.9 Å². The average molecular weight is 1170 g/mol. The van der Waals surface area contributed by atoms with Crippen LogP contribution in [0.2, 0.25) is 0 Å². The van der Waals surface area contributed by atoms with E-state index in [-0.39, 0.29) is 30.9 Å². The normalized spacial score (nSPS) is 30.6. The summed E-state index contributed by atoms with van der Waals surface area (Å²) in [5, 5.41) is 137. The first kappa shape index (κ1) is 67.1. The molecule has 0 spiro atoms. The highest BCUT2D eigenvalue weighted by atomic mass is 16.8. The number of carbonyl (C=O) groups is 6. The fourth-order valence-corrected chi connectivity index (χ4v) is 9.04. The van der Waals surface area contributed by atoms with E-state index in [9.17, 15) is 90.0 Å². The van der Waals surface area contributed by atoms with E-state index in [0.717, 1.165) is 0 Å². The molecule has 31 heteroatoms. The van der Waals surface area contributed by atoms with Crippen molar-refractivity contribution in [2.24, 2.45) is 17.4 Å². The minimum atomic E-state index is -2.09. The van der Waals surface area contributed by atoms with Gasteiger partial charge in [-0.3, -0.25) is 28.8 Å². The first-order valence-electron chi connectivity index (χ1n) is 26.3. The quantitative estimate of drug-likeness (QED) is 0.0376. The molecule has 3 fully saturated rings. The van der Waals surface area contributed by atoms with Crippen LogP contribution in [-0.4, -0.2) is 258 Å². The largest absolute Gasteiger partial charge is 0.508 e. The van der Waals surface area contributed by atoms with Gasteiger partial charge in [0.25, 0.3) is 0 Å². The number of rotatable bonds is 28. The molecule has 0 aliphatic carbocycles. The molecule has 3 saturated heterocycles. The van der Waals surface area contributed by atoms with E-state index in [1.165, 1.54) is 19.1 Å². The second-order valence-electron chi connectivity index (χ2n) is 20.5. The third-order valence-corrected chi connectivity index (χ3v) is 13.6. The van der Waals surface area contributed by atoms with Crippen LogP contribution in [0.15, 0.2) is 54.6 Å². The minimum absolute atomic E-state index is 0.000677. The number of primary amides is 1. The summed E-state index contributed by atoms with van der Waals surface area (Å²) in [4.78, 5) is 80.4.